The van der Waals surface area contributed by atoms with E-state index in [1.165, 1.54) is 0 Å². The summed E-state index contributed by atoms with van der Waals surface area (Å²) in [5.74, 6) is 1.06. The van der Waals surface area contributed by atoms with E-state index in [4.69, 9.17) is 16.1 Å². The van der Waals surface area contributed by atoms with Crippen LogP contribution < -0.4 is 0 Å². The number of aliphatic hydroxyl groups excluding tert-OH is 1. The van der Waals surface area contributed by atoms with Crippen LogP contribution in [0.3, 0.4) is 0 Å². The maximum atomic E-state index is 9.31. The first-order chi connectivity index (χ1) is 9.78. The Morgan fingerprint density at radius 3 is 3.05 bits per heavy atom. The molecule has 1 N–H and O–H groups in total. The lowest BCUT2D eigenvalue weighted by atomic mass is 10.2. The third-order valence-corrected chi connectivity index (χ3v) is 3.96. The number of hydrogen-bond acceptors (Lipinski definition) is 5. The fourth-order valence-electron chi connectivity index (χ4n) is 2.55. The van der Waals surface area contributed by atoms with E-state index in [0.717, 1.165) is 24.9 Å². The Labute approximate surface area is 122 Å². The second-order valence-electron chi connectivity index (χ2n) is 4.94. The molecule has 1 saturated heterocycles. The van der Waals surface area contributed by atoms with Crippen LogP contribution in [0.4, 0.5) is 0 Å². The van der Waals surface area contributed by atoms with E-state index in [2.05, 4.69) is 15.0 Å². The molecule has 0 unspecified atom stereocenters. The van der Waals surface area contributed by atoms with Gasteiger partial charge in [0.1, 0.15) is 0 Å². The molecule has 2 heterocycles. The molecule has 3 rings (SSSR count). The van der Waals surface area contributed by atoms with E-state index in [1.807, 2.05) is 18.2 Å². The van der Waals surface area contributed by atoms with Crippen molar-refractivity contribution in [1.29, 1.82) is 0 Å². The van der Waals surface area contributed by atoms with Gasteiger partial charge in [-0.25, -0.2) is 0 Å². The van der Waals surface area contributed by atoms with Gasteiger partial charge in [-0.2, -0.15) is 4.98 Å². The Kier molecular flexibility index (Phi) is 4.00. The Hall–Kier alpha value is -1.43. The van der Waals surface area contributed by atoms with E-state index in [-0.39, 0.29) is 12.6 Å². The summed E-state index contributed by atoms with van der Waals surface area (Å²) in [4.78, 5) is 6.56. The molecule has 2 aromatic rings. The lowest BCUT2D eigenvalue weighted by Gasteiger charge is -2.20. The highest BCUT2D eigenvalue weighted by Crippen LogP contribution is 2.26. The van der Waals surface area contributed by atoms with Crippen molar-refractivity contribution in [1.82, 2.24) is 15.0 Å². The Balaban J connectivity index is 1.76. The van der Waals surface area contributed by atoms with Crippen molar-refractivity contribution in [3.63, 3.8) is 0 Å². The van der Waals surface area contributed by atoms with Gasteiger partial charge < -0.3 is 9.63 Å². The van der Waals surface area contributed by atoms with Crippen LogP contribution in [-0.4, -0.2) is 39.3 Å². The van der Waals surface area contributed by atoms with Crippen molar-refractivity contribution in [2.24, 2.45) is 0 Å². The van der Waals surface area contributed by atoms with E-state index in [1.54, 1.807) is 6.07 Å². The first kappa shape index (κ1) is 13.5. The molecule has 1 aromatic heterocycles. The third kappa shape index (κ3) is 2.70. The zero-order valence-electron chi connectivity index (χ0n) is 11.0. The van der Waals surface area contributed by atoms with Crippen LogP contribution in [0, 0.1) is 0 Å². The number of rotatable bonds is 4. The predicted octanol–water partition coefficient (Wildman–Crippen LogP) is 2.35. The molecule has 1 atom stereocenters. The highest BCUT2D eigenvalue weighted by molar-refractivity contribution is 6.33. The molecule has 0 spiro atoms. The number of aromatic nitrogens is 2. The minimum atomic E-state index is 0.172. The van der Waals surface area contributed by atoms with Gasteiger partial charge in [0.25, 0.3) is 0 Å². The average Bonchev–Trinajstić information content (AvgIpc) is 3.09. The number of benzene rings is 1. The summed E-state index contributed by atoms with van der Waals surface area (Å²) in [5.41, 5.74) is 0.768. The second-order valence-corrected chi connectivity index (χ2v) is 5.35. The van der Waals surface area contributed by atoms with Gasteiger partial charge in [0.05, 0.1) is 18.2 Å². The van der Waals surface area contributed by atoms with Gasteiger partial charge >= 0.3 is 0 Å². The summed E-state index contributed by atoms with van der Waals surface area (Å²) in [6, 6.07) is 7.62. The van der Waals surface area contributed by atoms with Gasteiger partial charge in [-0.05, 0) is 31.5 Å². The first-order valence-electron chi connectivity index (χ1n) is 6.70. The van der Waals surface area contributed by atoms with Crippen LogP contribution in [-0.2, 0) is 6.54 Å². The normalized spacial score (nSPS) is 19.6. The summed E-state index contributed by atoms with van der Waals surface area (Å²) in [6.45, 7) is 1.70. The molecule has 5 nitrogen and oxygen atoms in total. The Bertz CT molecular complexity index is 587. The van der Waals surface area contributed by atoms with Crippen molar-refractivity contribution in [3.8, 4) is 11.4 Å². The summed E-state index contributed by atoms with van der Waals surface area (Å²) < 4.78 is 5.29. The summed E-state index contributed by atoms with van der Waals surface area (Å²) >= 11 is 6.12. The van der Waals surface area contributed by atoms with Gasteiger partial charge in [-0.15, -0.1) is 0 Å². The number of halogens is 1. The lowest BCUT2D eigenvalue weighted by Crippen LogP contribution is -2.31. The maximum Gasteiger partial charge on any atom is 0.241 e. The van der Waals surface area contributed by atoms with Crippen molar-refractivity contribution in [3.05, 3.63) is 35.2 Å². The molecular formula is C14H16ClN3O2. The van der Waals surface area contributed by atoms with Crippen LogP contribution >= 0.6 is 11.6 Å². The van der Waals surface area contributed by atoms with Crippen molar-refractivity contribution < 1.29 is 9.63 Å². The molecule has 0 aliphatic carbocycles. The largest absolute Gasteiger partial charge is 0.395 e. The van der Waals surface area contributed by atoms with Crippen LogP contribution in [0.15, 0.2) is 28.8 Å². The van der Waals surface area contributed by atoms with Gasteiger partial charge in [-0.3, -0.25) is 4.90 Å². The highest BCUT2D eigenvalue weighted by atomic mass is 35.5. The predicted molar refractivity (Wildman–Crippen MR) is 75.3 cm³/mol. The van der Waals surface area contributed by atoms with Gasteiger partial charge in [-0.1, -0.05) is 28.9 Å². The van der Waals surface area contributed by atoms with Crippen molar-refractivity contribution >= 4 is 11.6 Å². The Morgan fingerprint density at radius 2 is 2.25 bits per heavy atom. The molecule has 20 heavy (non-hydrogen) atoms. The third-order valence-electron chi connectivity index (χ3n) is 3.63. The van der Waals surface area contributed by atoms with E-state index in [0.29, 0.717) is 23.3 Å². The molecular weight excluding hydrogens is 278 g/mol. The second kappa shape index (κ2) is 5.91. The van der Waals surface area contributed by atoms with Gasteiger partial charge in [0.15, 0.2) is 0 Å². The van der Waals surface area contributed by atoms with Crippen LogP contribution in [0.25, 0.3) is 11.4 Å². The molecule has 106 valence electrons. The molecule has 1 aliphatic heterocycles. The first-order valence-corrected chi connectivity index (χ1v) is 7.08. The smallest absolute Gasteiger partial charge is 0.241 e. The molecule has 6 heteroatoms. The van der Waals surface area contributed by atoms with E-state index < -0.39 is 0 Å². The molecule has 1 aliphatic rings. The van der Waals surface area contributed by atoms with E-state index in [9.17, 15) is 5.11 Å². The average molecular weight is 294 g/mol. The number of nitrogens with zero attached hydrogens (tertiary/aromatic N) is 3. The van der Waals surface area contributed by atoms with Crippen LogP contribution in [0.2, 0.25) is 5.02 Å². The lowest BCUT2D eigenvalue weighted by molar-refractivity contribution is 0.141. The number of likely N-dealkylation sites (tertiary alicyclic amines) is 1. The molecule has 0 saturated carbocycles. The molecule has 0 amide bonds. The van der Waals surface area contributed by atoms with Crippen LogP contribution in [0.5, 0.6) is 0 Å². The monoisotopic (exact) mass is 293 g/mol. The highest BCUT2D eigenvalue weighted by Gasteiger charge is 2.25. The maximum absolute atomic E-state index is 9.31. The number of hydrogen-bond donors (Lipinski definition) is 1. The minimum absolute atomic E-state index is 0.172. The molecule has 1 fully saturated rings. The SMILES string of the molecule is OC[C@H]1CCCN1Cc1nc(-c2ccccc2Cl)no1. The van der Waals surface area contributed by atoms with E-state index >= 15 is 0 Å². The van der Waals surface area contributed by atoms with Gasteiger partial charge in [0, 0.05) is 11.6 Å². The summed E-state index contributed by atoms with van der Waals surface area (Å²) in [5, 5.41) is 13.9. The quantitative estimate of drug-likeness (QED) is 0.937. The standard InChI is InChI=1S/C14H16ClN3O2/c15-12-6-2-1-5-11(12)14-16-13(20-17-14)8-18-7-3-4-10(18)9-19/h1-2,5-6,10,19H,3-4,7-9H2/t10-/m1/s1. The van der Waals surface area contributed by atoms with Crippen molar-refractivity contribution in [2.45, 2.75) is 25.4 Å². The molecule has 0 bridgehead atoms. The number of aliphatic hydroxyl groups is 1. The van der Waals surface area contributed by atoms with Crippen LogP contribution in [0.1, 0.15) is 18.7 Å². The zero-order valence-corrected chi connectivity index (χ0v) is 11.8. The molecule has 1 aromatic carbocycles. The Morgan fingerprint density at radius 1 is 1.40 bits per heavy atom. The topological polar surface area (TPSA) is 62.4 Å². The summed E-state index contributed by atoms with van der Waals surface area (Å²) in [6.07, 6.45) is 2.11. The fourth-order valence-corrected chi connectivity index (χ4v) is 2.78. The fraction of sp³-hybridized carbons (Fsp3) is 0.429. The minimum Gasteiger partial charge on any atom is -0.395 e. The zero-order chi connectivity index (χ0) is 13.9. The van der Waals surface area contributed by atoms with Crippen molar-refractivity contribution in [2.75, 3.05) is 13.2 Å². The summed E-state index contributed by atoms with van der Waals surface area (Å²) in [7, 11) is 0. The van der Waals surface area contributed by atoms with Gasteiger partial charge in [0.2, 0.25) is 11.7 Å². The molecule has 0 radical (unpaired) electrons.